The van der Waals surface area contributed by atoms with Gasteiger partial charge in [0.05, 0.1) is 5.69 Å². The first kappa shape index (κ1) is 14.2. The summed E-state index contributed by atoms with van der Waals surface area (Å²) in [5, 5.41) is 2.89. The maximum absolute atomic E-state index is 12.4. The highest BCUT2D eigenvalue weighted by Gasteiger charge is 2.27. The van der Waals surface area contributed by atoms with Crippen molar-refractivity contribution in [1.82, 2.24) is 9.97 Å². The summed E-state index contributed by atoms with van der Waals surface area (Å²) < 4.78 is 0.865. The van der Waals surface area contributed by atoms with Crippen molar-refractivity contribution >= 4 is 27.5 Å². The highest BCUT2D eigenvalue weighted by atomic mass is 79.9. The molecule has 1 aromatic heterocycles. The van der Waals surface area contributed by atoms with Crippen molar-refractivity contribution in [2.75, 3.05) is 5.32 Å². The van der Waals surface area contributed by atoms with E-state index in [0.29, 0.717) is 11.6 Å². The Morgan fingerprint density at radius 3 is 2.67 bits per heavy atom. The van der Waals surface area contributed by atoms with Gasteiger partial charge in [0.25, 0.3) is 5.91 Å². The molecule has 0 saturated heterocycles. The number of rotatable bonds is 3. The number of carbonyl (C=O) groups excluding carboxylic acids is 1. The zero-order valence-electron chi connectivity index (χ0n) is 12.0. The summed E-state index contributed by atoms with van der Waals surface area (Å²) in [5.74, 6) is 1.03. The minimum Gasteiger partial charge on any atom is -0.320 e. The number of benzene rings is 1. The summed E-state index contributed by atoms with van der Waals surface area (Å²) in [6, 6.07) is 7.54. The first-order valence-electron chi connectivity index (χ1n) is 6.96. The van der Waals surface area contributed by atoms with E-state index >= 15 is 0 Å². The third kappa shape index (κ3) is 3.29. The number of nitrogens with one attached hydrogen (secondary N) is 1. The number of halogens is 1. The van der Waals surface area contributed by atoms with Crippen LogP contribution in [0.4, 0.5) is 5.69 Å². The standard InChI is InChI=1S/C16H16BrN3O/c1-9-3-6-13(12(17)7-9)20-16(21)14-8-10(2)18-15(19-14)11-4-5-11/h3,6-8,11H,4-5H2,1-2H3,(H,20,21). The third-order valence-corrected chi connectivity index (χ3v) is 4.08. The van der Waals surface area contributed by atoms with Crippen LogP contribution < -0.4 is 5.32 Å². The van der Waals surface area contributed by atoms with Crippen LogP contribution in [0.25, 0.3) is 0 Å². The largest absolute Gasteiger partial charge is 0.320 e. The van der Waals surface area contributed by atoms with E-state index in [2.05, 4.69) is 31.2 Å². The maximum Gasteiger partial charge on any atom is 0.274 e. The van der Waals surface area contributed by atoms with Crippen LogP contribution in [0, 0.1) is 13.8 Å². The summed E-state index contributed by atoms with van der Waals surface area (Å²) in [6.45, 7) is 3.90. The Labute approximate surface area is 132 Å². The summed E-state index contributed by atoms with van der Waals surface area (Å²) in [6.07, 6.45) is 2.24. The number of amides is 1. The second-order valence-corrected chi connectivity index (χ2v) is 6.32. The van der Waals surface area contributed by atoms with Crippen LogP contribution in [0.2, 0.25) is 0 Å². The lowest BCUT2D eigenvalue weighted by molar-refractivity contribution is 0.102. The third-order valence-electron chi connectivity index (χ3n) is 3.42. The number of hydrogen-bond acceptors (Lipinski definition) is 3. The Bertz CT molecular complexity index is 711. The van der Waals surface area contributed by atoms with Gasteiger partial charge in [-0.3, -0.25) is 4.79 Å². The van der Waals surface area contributed by atoms with E-state index < -0.39 is 0 Å². The van der Waals surface area contributed by atoms with Crippen LogP contribution in [0.3, 0.4) is 0 Å². The predicted molar refractivity (Wildman–Crippen MR) is 85.6 cm³/mol. The van der Waals surface area contributed by atoms with E-state index in [-0.39, 0.29) is 5.91 Å². The SMILES string of the molecule is Cc1ccc(NC(=O)c2cc(C)nc(C3CC3)n2)c(Br)c1. The van der Waals surface area contributed by atoms with Gasteiger partial charge in [-0.25, -0.2) is 9.97 Å². The molecule has 4 nitrogen and oxygen atoms in total. The Hall–Kier alpha value is -1.75. The molecule has 1 saturated carbocycles. The minimum absolute atomic E-state index is 0.202. The van der Waals surface area contributed by atoms with Crippen molar-refractivity contribution in [2.24, 2.45) is 0 Å². The van der Waals surface area contributed by atoms with Gasteiger partial charge in [0.2, 0.25) is 0 Å². The van der Waals surface area contributed by atoms with Crippen LogP contribution in [0.15, 0.2) is 28.7 Å². The molecule has 1 heterocycles. The van der Waals surface area contributed by atoms with Crippen LogP contribution in [0.5, 0.6) is 0 Å². The number of carbonyl (C=O) groups is 1. The van der Waals surface area contributed by atoms with Gasteiger partial charge in [-0.05, 0) is 66.4 Å². The Morgan fingerprint density at radius 1 is 1.24 bits per heavy atom. The highest BCUT2D eigenvalue weighted by Crippen LogP contribution is 2.38. The fourth-order valence-corrected chi connectivity index (χ4v) is 2.73. The Morgan fingerprint density at radius 2 is 2.00 bits per heavy atom. The van der Waals surface area contributed by atoms with Crippen LogP contribution in [0.1, 0.15) is 46.3 Å². The molecule has 3 rings (SSSR count). The topological polar surface area (TPSA) is 54.9 Å². The molecule has 5 heteroatoms. The molecule has 1 fully saturated rings. The van der Waals surface area contributed by atoms with Gasteiger partial charge >= 0.3 is 0 Å². The monoisotopic (exact) mass is 345 g/mol. The summed E-state index contributed by atoms with van der Waals surface area (Å²) in [5.41, 5.74) is 3.14. The molecule has 0 atom stereocenters. The van der Waals surface area contributed by atoms with E-state index in [1.807, 2.05) is 32.0 Å². The van der Waals surface area contributed by atoms with Crippen molar-refractivity contribution in [3.05, 3.63) is 51.5 Å². The van der Waals surface area contributed by atoms with E-state index in [9.17, 15) is 4.79 Å². The van der Waals surface area contributed by atoms with Crippen molar-refractivity contribution in [3.63, 3.8) is 0 Å². The zero-order valence-corrected chi connectivity index (χ0v) is 13.6. The molecule has 1 amide bonds. The number of nitrogens with zero attached hydrogens (tertiary/aromatic N) is 2. The van der Waals surface area contributed by atoms with Crippen molar-refractivity contribution < 1.29 is 4.79 Å². The minimum atomic E-state index is -0.202. The van der Waals surface area contributed by atoms with Gasteiger partial charge in [-0.1, -0.05) is 6.07 Å². The average Bonchev–Trinajstić information content (AvgIpc) is 3.25. The summed E-state index contributed by atoms with van der Waals surface area (Å²) in [4.78, 5) is 21.2. The lowest BCUT2D eigenvalue weighted by Crippen LogP contribution is -2.16. The fraction of sp³-hybridized carbons (Fsp3) is 0.312. The molecule has 108 valence electrons. The quantitative estimate of drug-likeness (QED) is 0.914. The highest BCUT2D eigenvalue weighted by molar-refractivity contribution is 9.10. The van der Waals surface area contributed by atoms with Crippen LogP contribution in [-0.4, -0.2) is 15.9 Å². The maximum atomic E-state index is 12.4. The number of hydrogen-bond donors (Lipinski definition) is 1. The number of anilines is 1. The van der Waals surface area contributed by atoms with E-state index in [1.165, 1.54) is 0 Å². The molecule has 1 aliphatic carbocycles. The first-order valence-corrected chi connectivity index (χ1v) is 7.75. The summed E-state index contributed by atoms with van der Waals surface area (Å²) in [7, 11) is 0. The molecule has 1 aromatic carbocycles. The summed E-state index contributed by atoms with van der Waals surface area (Å²) >= 11 is 3.46. The molecule has 0 aliphatic heterocycles. The molecule has 0 spiro atoms. The molecule has 0 bridgehead atoms. The van der Waals surface area contributed by atoms with E-state index in [4.69, 9.17) is 0 Å². The van der Waals surface area contributed by atoms with Crippen LogP contribution >= 0.6 is 15.9 Å². The predicted octanol–water partition coefficient (Wildman–Crippen LogP) is 3.99. The lowest BCUT2D eigenvalue weighted by Gasteiger charge is -2.09. The second-order valence-electron chi connectivity index (χ2n) is 5.46. The molecular formula is C16H16BrN3O. The van der Waals surface area contributed by atoms with E-state index in [0.717, 1.165) is 40.1 Å². The van der Waals surface area contributed by atoms with Gasteiger partial charge in [0.15, 0.2) is 0 Å². The fourth-order valence-electron chi connectivity index (χ4n) is 2.14. The van der Waals surface area contributed by atoms with Gasteiger partial charge in [0, 0.05) is 16.1 Å². The van der Waals surface area contributed by atoms with Gasteiger partial charge in [-0.15, -0.1) is 0 Å². The average molecular weight is 346 g/mol. The first-order chi connectivity index (χ1) is 10.0. The zero-order chi connectivity index (χ0) is 15.0. The van der Waals surface area contributed by atoms with Gasteiger partial charge in [-0.2, -0.15) is 0 Å². The van der Waals surface area contributed by atoms with Crippen molar-refractivity contribution in [1.29, 1.82) is 0 Å². The van der Waals surface area contributed by atoms with Gasteiger partial charge < -0.3 is 5.32 Å². The van der Waals surface area contributed by atoms with Crippen LogP contribution in [-0.2, 0) is 0 Å². The number of aryl methyl sites for hydroxylation is 2. The van der Waals surface area contributed by atoms with Gasteiger partial charge in [0.1, 0.15) is 11.5 Å². The Balaban J connectivity index is 1.84. The molecule has 21 heavy (non-hydrogen) atoms. The molecular weight excluding hydrogens is 330 g/mol. The van der Waals surface area contributed by atoms with Crippen molar-refractivity contribution in [2.45, 2.75) is 32.6 Å². The molecule has 2 aromatic rings. The van der Waals surface area contributed by atoms with Crippen molar-refractivity contribution in [3.8, 4) is 0 Å². The molecule has 1 aliphatic rings. The normalized spacial score (nSPS) is 14.0. The second kappa shape index (κ2) is 5.56. The molecule has 0 radical (unpaired) electrons. The molecule has 0 unspecified atom stereocenters. The van der Waals surface area contributed by atoms with E-state index in [1.54, 1.807) is 6.07 Å². The smallest absolute Gasteiger partial charge is 0.274 e. The Kier molecular flexibility index (Phi) is 3.76. The molecule has 1 N–H and O–H groups in total. The lowest BCUT2D eigenvalue weighted by atomic mass is 10.2. The number of aromatic nitrogens is 2.